The number of thioether (sulfide) groups is 1. The zero-order chi connectivity index (χ0) is 11.3. The fourth-order valence-corrected chi connectivity index (χ4v) is 1.82. The number of carbonyl (C=O) groups is 1. The minimum absolute atomic E-state index is 0.0999. The number of nitrogens with two attached hydrogens (primary N) is 1. The molecule has 82 valence electrons. The lowest BCUT2D eigenvalue weighted by Crippen LogP contribution is -2.32. The number of carbonyl (C=O) groups excluding carboxylic acids is 1. The lowest BCUT2D eigenvalue weighted by atomic mass is 10.2. The normalized spacial score (nSPS) is 10.0. The Bertz CT molecular complexity index is 341. The number of para-hydroxylation sites is 2. The van der Waals surface area contributed by atoms with E-state index in [9.17, 15) is 4.79 Å². The maximum atomic E-state index is 11.8. The highest BCUT2D eigenvalue weighted by Crippen LogP contribution is 2.22. The maximum Gasteiger partial charge on any atom is 0.237 e. The summed E-state index contributed by atoms with van der Waals surface area (Å²) in [6, 6.07) is 7.44. The molecule has 0 saturated heterocycles. The largest absolute Gasteiger partial charge is 0.397 e. The van der Waals surface area contributed by atoms with Gasteiger partial charge in [-0.1, -0.05) is 12.1 Å². The molecular formula is C11H16N2OS. The van der Waals surface area contributed by atoms with Crippen LogP contribution in [0.3, 0.4) is 0 Å². The second-order valence-electron chi connectivity index (χ2n) is 3.13. The molecule has 0 radical (unpaired) electrons. The summed E-state index contributed by atoms with van der Waals surface area (Å²) in [4.78, 5) is 13.5. The quantitative estimate of drug-likeness (QED) is 0.795. The van der Waals surface area contributed by atoms with E-state index < -0.39 is 0 Å². The molecule has 15 heavy (non-hydrogen) atoms. The van der Waals surface area contributed by atoms with E-state index in [1.165, 1.54) is 11.8 Å². The maximum absolute atomic E-state index is 11.8. The molecule has 0 spiro atoms. The molecule has 1 amide bonds. The summed E-state index contributed by atoms with van der Waals surface area (Å²) in [5.41, 5.74) is 7.28. The number of amides is 1. The van der Waals surface area contributed by atoms with E-state index in [4.69, 9.17) is 5.73 Å². The van der Waals surface area contributed by atoms with E-state index >= 15 is 0 Å². The van der Waals surface area contributed by atoms with E-state index in [2.05, 4.69) is 0 Å². The van der Waals surface area contributed by atoms with Crippen LogP contribution in [0.4, 0.5) is 11.4 Å². The van der Waals surface area contributed by atoms with Gasteiger partial charge in [0, 0.05) is 6.54 Å². The first kappa shape index (κ1) is 11.9. The van der Waals surface area contributed by atoms with Crippen molar-refractivity contribution < 1.29 is 4.79 Å². The molecule has 0 fully saturated rings. The Labute approximate surface area is 94.6 Å². The van der Waals surface area contributed by atoms with Crippen molar-refractivity contribution in [3.05, 3.63) is 24.3 Å². The van der Waals surface area contributed by atoms with Gasteiger partial charge in [-0.05, 0) is 25.3 Å². The Balaban J connectivity index is 2.92. The van der Waals surface area contributed by atoms with Crippen molar-refractivity contribution in [2.24, 2.45) is 0 Å². The first-order valence-electron chi connectivity index (χ1n) is 4.84. The summed E-state index contributed by atoms with van der Waals surface area (Å²) in [5.74, 6) is 0.588. The SMILES string of the molecule is CCN(C(=O)CSC)c1ccccc1N. The second kappa shape index (κ2) is 5.66. The molecule has 4 heteroatoms. The molecule has 0 aliphatic rings. The Kier molecular flexibility index (Phi) is 4.49. The molecule has 1 rings (SSSR count). The predicted octanol–water partition coefficient (Wildman–Crippen LogP) is 1.98. The average molecular weight is 224 g/mol. The minimum Gasteiger partial charge on any atom is -0.397 e. The Morgan fingerprint density at radius 1 is 1.47 bits per heavy atom. The Morgan fingerprint density at radius 2 is 2.13 bits per heavy atom. The van der Waals surface area contributed by atoms with Crippen LogP contribution in [0.2, 0.25) is 0 Å². The molecule has 0 aliphatic carbocycles. The zero-order valence-electron chi connectivity index (χ0n) is 9.06. The Morgan fingerprint density at radius 3 is 2.67 bits per heavy atom. The van der Waals surface area contributed by atoms with Crippen molar-refractivity contribution >= 4 is 29.0 Å². The van der Waals surface area contributed by atoms with Gasteiger partial charge in [0.25, 0.3) is 0 Å². The molecule has 0 bridgehead atoms. The molecule has 1 aromatic rings. The van der Waals surface area contributed by atoms with E-state index in [0.29, 0.717) is 18.0 Å². The van der Waals surface area contributed by atoms with Gasteiger partial charge in [0.05, 0.1) is 17.1 Å². The average Bonchev–Trinajstić information content (AvgIpc) is 2.22. The lowest BCUT2D eigenvalue weighted by molar-refractivity contribution is -0.116. The van der Waals surface area contributed by atoms with E-state index in [1.54, 1.807) is 4.90 Å². The van der Waals surface area contributed by atoms with Crippen LogP contribution in [0.5, 0.6) is 0 Å². The molecular weight excluding hydrogens is 208 g/mol. The van der Waals surface area contributed by atoms with Crippen molar-refractivity contribution in [3.8, 4) is 0 Å². The van der Waals surface area contributed by atoms with Crippen LogP contribution in [0, 0.1) is 0 Å². The van der Waals surface area contributed by atoms with Crippen molar-refractivity contribution in [2.45, 2.75) is 6.92 Å². The molecule has 0 heterocycles. The smallest absolute Gasteiger partial charge is 0.237 e. The fourth-order valence-electron chi connectivity index (χ4n) is 1.42. The molecule has 0 aromatic heterocycles. The van der Waals surface area contributed by atoms with Gasteiger partial charge in [-0.15, -0.1) is 0 Å². The van der Waals surface area contributed by atoms with Gasteiger partial charge in [0.2, 0.25) is 5.91 Å². The number of benzene rings is 1. The van der Waals surface area contributed by atoms with Gasteiger partial charge in [0.1, 0.15) is 0 Å². The van der Waals surface area contributed by atoms with E-state index in [-0.39, 0.29) is 5.91 Å². The van der Waals surface area contributed by atoms with Gasteiger partial charge < -0.3 is 10.6 Å². The fraction of sp³-hybridized carbons (Fsp3) is 0.364. The summed E-state index contributed by atoms with van der Waals surface area (Å²) < 4.78 is 0. The number of anilines is 2. The zero-order valence-corrected chi connectivity index (χ0v) is 9.88. The molecule has 0 aliphatic heterocycles. The van der Waals surface area contributed by atoms with Crippen LogP contribution in [0.25, 0.3) is 0 Å². The highest BCUT2D eigenvalue weighted by Gasteiger charge is 2.14. The number of nitrogen functional groups attached to an aromatic ring is 1. The van der Waals surface area contributed by atoms with Crippen molar-refractivity contribution in [1.82, 2.24) is 0 Å². The minimum atomic E-state index is 0.0999. The van der Waals surface area contributed by atoms with Gasteiger partial charge in [-0.3, -0.25) is 4.79 Å². The third-order valence-corrected chi connectivity index (χ3v) is 2.65. The van der Waals surface area contributed by atoms with Crippen LogP contribution < -0.4 is 10.6 Å². The number of hydrogen-bond acceptors (Lipinski definition) is 3. The summed E-state index contributed by atoms with van der Waals surface area (Å²) in [6.07, 6.45) is 1.92. The summed E-state index contributed by atoms with van der Waals surface area (Å²) in [6.45, 7) is 2.60. The Hall–Kier alpha value is -1.16. The second-order valence-corrected chi connectivity index (χ2v) is 4.00. The van der Waals surface area contributed by atoms with Gasteiger partial charge >= 0.3 is 0 Å². The molecule has 0 unspecified atom stereocenters. The van der Waals surface area contributed by atoms with Crippen LogP contribution in [-0.2, 0) is 4.79 Å². The highest BCUT2D eigenvalue weighted by atomic mass is 32.2. The number of rotatable bonds is 4. The van der Waals surface area contributed by atoms with Crippen LogP contribution in [0.15, 0.2) is 24.3 Å². The number of hydrogen-bond donors (Lipinski definition) is 1. The van der Waals surface area contributed by atoms with Crippen LogP contribution in [0.1, 0.15) is 6.92 Å². The third kappa shape index (κ3) is 2.89. The van der Waals surface area contributed by atoms with Gasteiger partial charge in [-0.2, -0.15) is 11.8 Å². The van der Waals surface area contributed by atoms with Crippen molar-refractivity contribution in [3.63, 3.8) is 0 Å². The van der Waals surface area contributed by atoms with E-state index in [1.807, 2.05) is 37.4 Å². The molecule has 3 nitrogen and oxygen atoms in total. The highest BCUT2D eigenvalue weighted by molar-refractivity contribution is 7.99. The van der Waals surface area contributed by atoms with Crippen molar-refractivity contribution in [1.29, 1.82) is 0 Å². The summed E-state index contributed by atoms with van der Waals surface area (Å²) >= 11 is 1.52. The first-order valence-corrected chi connectivity index (χ1v) is 6.24. The van der Waals surface area contributed by atoms with Crippen molar-refractivity contribution in [2.75, 3.05) is 29.2 Å². The molecule has 2 N–H and O–H groups in total. The number of nitrogens with zero attached hydrogens (tertiary/aromatic N) is 1. The van der Waals surface area contributed by atoms with Gasteiger partial charge in [-0.25, -0.2) is 0 Å². The van der Waals surface area contributed by atoms with E-state index in [0.717, 1.165) is 5.69 Å². The van der Waals surface area contributed by atoms with Crippen LogP contribution in [-0.4, -0.2) is 24.5 Å². The molecule has 1 aromatic carbocycles. The predicted molar refractivity (Wildman–Crippen MR) is 67.3 cm³/mol. The molecule has 0 saturated carbocycles. The standard InChI is InChI=1S/C11H16N2OS/c1-3-13(11(14)8-15-2)10-7-5-4-6-9(10)12/h4-7H,3,8,12H2,1-2H3. The van der Waals surface area contributed by atoms with Crippen LogP contribution >= 0.6 is 11.8 Å². The first-order chi connectivity index (χ1) is 7.20. The lowest BCUT2D eigenvalue weighted by Gasteiger charge is -2.22. The van der Waals surface area contributed by atoms with Gasteiger partial charge in [0.15, 0.2) is 0 Å². The monoisotopic (exact) mass is 224 g/mol. The third-order valence-electron chi connectivity index (χ3n) is 2.11. The summed E-state index contributed by atoms with van der Waals surface area (Å²) in [5, 5.41) is 0. The topological polar surface area (TPSA) is 46.3 Å². The summed E-state index contributed by atoms with van der Waals surface area (Å²) in [7, 11) is 0. The molecule has 0 atom stereocenters.